The van der Waals surface area contributed by atoms with Crippen molar-refractivity contribution in [2.45, 2.75) is 122 Å². The maximum Gasteiger partial charge on any atom is 0.357 e. The van der Waals surface area contributed by atoms with Crippen molar-refractivity contribution in [1.82, 2.24) is 9.55 Å². The molecule has 270 valence electrons. The van der Waals surface area contributed by atoms with E-state index < -0.39 is 65.8 Å². The highest BCUT2D eigenvalue weighted by Crippen LogP contribution is 2.58. The average Bonchev–Trinajstić information content (AvgIpc) is 3.28. The standard InChI is InChI=1S/C33H56N3O9PSi2/c1-14-41-46(39,42-15-2)29(34-22-23-16-18-24(40-9)19-17-23)27-26(44-47(10,11)32(3,4)5)28(45-48(12,13)33(6,7)8)30(43-27)36-21-20-25(37)35-31(36)38/h16-22,26-30H,14-15H2,1-13H3,(H,35,37,38)/b34-22+/t26-,27+,28-,29-,30-/m1/s1. The fourth-order valence-corrected chi connectivity index (χ4v) is 9.31. The van der Waals surface area contributed by atoms with Crippen LogP contribution < -0.4 is 16.0 Å². The van der Waals surface area contributed by atoms with E-state index in [2.05, 4.69) is 72.7 Å². The zero-order chi connectivity index (χ0) is 36.3. The summed E-state index contributed by atoms with van der Waals surface area (Å²) < 4.78 is 54.3. The Kier molecular flexibility index (Phi) is 12.9. The van der Waals surface area contributed by atoms with Crippen molar-refractivity contribution in [3.8, 4) is 5.75 Å². The number of aromatic amines is 1. The first-order valence-electron chi connectivity index (χ1n) is 16.5. The van der Waals surface area contributed by atoms with Crippen molar-refractivity contribution in [2.24, 2.45) is 4.99 Å². The van der Waals surface area contributed by atoms with Gasteiger partial charge in [0.25, 0.3) is 5.56 Å². The lowest BCUT2D eigenvalue weighted by molar-refractivity contribution is -0.0392. The third-order valence-corrected chi connectivity index (χ3v) is 20.8. The highest BCUT2D eigenvalue weighted by atomic mass is 31.2. The molecule has 15 heteroatoms. The van der Waals surface area contributed by atoms with Gasteiger partial charge in [0.05, 0.1) is 20.3 Å². The summed E-state index contributed by atoms with van der Waals surface area (Å²) in [6, 6.07) is 8.53. The summed E-state index contributed by atoms with van der Waals surface area (Å²) >= 11 is 0. The van der Waals surface area contributed by atoms with Crippen LogP contribution in [0.25, 0.3) is 0 Å². The highest BCUT2D eigenvalue weighted by Gasteiger charge is 2.59. The minimum Gasteiger partial charge on any atom is -0.497 e. The summed E-state index contributed by atoms with van der Waals surface area (Å²) in [5.41, 5.74) is -0.484. The molecular weight excluding hydrogens is 670 g/mol. The predicted molar refractivity (Wildman–Crippen MR) is 195 cm³/mol. The van der Waals surface area contributed by atoms with Gasteiger partial charge in [-0.1, -0.05) is 41.5 Å². The summed E-state index contributed by atoms with van der Waals surface area (Å²) in [4.78, 5) is 32.7. The van der Waals surface area contributed by atoms with Crippen molar-refractivity contribution >= 4 is 30.4 Å². The fourth-order valence-electron chi connectivity index (χ4n) is 4.80. The second kappa shape index (κ2) is 15.4. The predicted octanol–water partition coefficient (Wildman–Crippen LogP) is 6.93. The number of aliphatic imine (C=N–C) groups is 1. The molecule has 1 N–H and O–H groups in total. The molecule has 0 amide bonds. The van der Waals surface area contributed by atoms with Crippen LogP contribution in [0.5, 0.6) is 5.75 Å². The van der Waals surface area contributed by atoms with Crippen LogP contribution in [0.2, 0.25) is 36.3 Å². The van der Waals surface area contributed by atoms with E-state index >= 15 is 0 Å². The van der Waals surface area contributed by atoms with Crippen LogP contribution in [0.1, 0.15) is 67.2 Å². The largest absolute Gasteiger partial charge is 0.497 e. The van der Waals surface area contributed by atoms with E-state index in [1.807, 2.05) is 12.1 Å². The Morgan fingerprint density at radius 2 is 1.44 bits per heavy atom. The van der Waals surface area contributed by atoms with Gasteiger partial charge in [-0.25, -0.2) is 4.79 Å². The molecule has 12 nitrogen and oxygen atoms in total. The minimum atomic E-state index is -4.02. The van der Waals surface area contributed by atoms with E-state index in [4.69, 9.17) is 32.4 Å². The number of aromatic nitrogens is 2. The molecule has 3 rings (SSSR count). The van der Waals surface area contributed by atoms with E-state index in [1.54, 1.807) is 39.3 Å². The maximum absolute atomic E-state index is 14.8. The smallest absolute Gasteiger partial charge is 0.357 e. The molecular formula is C33H56N3O9PSi2. The second-order valence-electron chi connectivity index (χ2n) is 15.0. The van der Waals surface area contributed by atoms with E-state index in [0.29, 0.717) is 5.75 Å². The van der Waals surface area contributed by atoms with Crippen LogP contribution >= 0.6 is 7.60 Å². The monoisotopic (exact) mass is 725 g/mol. The van der Waals surface area contributed by atoms with Crippen molar-refractivity contribution in [2.75, 3.05) is 20.3 Å². The summed E-state index contributed by atoms with van der Waals surface area (Å²) in [6.07, 6.45) is -0.806. The van der Waals surface area contributed by atoms with E-state index in [0.717, 1.165) is 5.56 Å². The zero-order valence-electron chi connectivity index (χ0n) is 30.9. The Labute approximate surface area is 287 Å². The number of H-pyrrole nitrogens is 1. The molecule has 2 heterocycles. The topological polar surface area (TPSA) is 140 Å². The molecule has 0 spiro atoms. The molecule has 2 aromatic rings. The number of nitrogens with zero attached hydrogens (tertiary/aromatic N) is 2. The molecule has 1 aliphatic heterocycles. The van der Waals surface area contributed by atoms with Gasteiger partial charge in [-0.3, -0.25) is 23.9 Å². The van der Waals surface area contributed by atoms with Gasteiger partial charge in [0, 0.05) is 18.5 Å². The molecule has 5 atom stereocenters. The molecule has 48 heavy (non-hydrogen) atoms. The van der Waals surface area contributed by atoms with E-state index in [-0.39, 0.29) is 23.3 Å². The van der Waals surface area contributed by atoms with E-state index in [9.17, 15) is 14.2 Å². The number of rotatable bonds is 14. The van der Waals surface area contributed by atoms with Gasteiger partial charge >= 0.3 is 13.3 Å². The Balaban J connectivity index is 2.35. The summed E-state index contributed by atoms with van der Waals surface area (Å²) in [7, 11) is -7.60. The lowest BCUT2D eigenvalue weighted by Gasteiger charge is -2.44. The van der Waals surface area contributed by atoms with Crippen LogP contribution in [0.3, 0.4) is 0 Å². The van der Waals surface area contributed by atoms with Crippen LogP contribution in [-0.2, 0) is 27.2 Å². The number of benzene rings is 1. The Hall–Kier alpha value is -2.17. The number of methoxy groups -OCH3 is 1. The Morgan fingerprint density at radius 3 is 1.90 bits per heavy atom. The quantitative estimate of drug-likeness (QED) is 0.125. The summed E-state index contributed by atoms with van der Waals surface area (Å²) in [5, 5.41) is -0.442. The average molecular weight is 726 g/mol. The fraction of sp³-hybridized carbons (Fsp3) is 0.667. The molecule has 1 aliphatic rings. The molecule has 0 bridgehead atoms. The Morgan fingerprint density at radius 1 is 0.917 bits per heavy atom. The van der Waals surface area contributed by atoms with Crippen LogP contribution in [0.4, 0.5) is 0 Å². The van der Waals surface area contributed by atoms with Gasteiger partial charge in [-0.15, -0.1) is 0 Å². The van der Waals surface area contributed by atoms with Gasteiger partial charge in [-0.2, -0.15) is 0 Å². The first kappa shape index (κ1) is 40.3. The first-order valence-corrected chi connectivity index (χ1v) is 23.9. The molecule has 1 aromatic carbocycles. The summed E-state index contributed by atoms with van der Waals surface area (Å²) in [5.74, 6) is -0.525. The zero-order valence-corrected chi connectivity index (χ0v) is 33.8. The first-order chi connectivity index (χ1) is 22.1. The van der Waals surface area contributed by atoms with Gasteiger partial charge in [0.15, 0.2) is 28.6 Å². The van der Waals surface area contributed by atoms with Gasteiger partial charge in [0.2, 0.25) is 0 Å². The molecule has 1 fully saturated rings. The van der Waals surface area contributed by atoms with E-state index in [1.165, 1.54) is 16.8 Å². The van der Waals surface area contributed by atoms with Crippen molar-refractivity contribution in [1.29, 1.82) is 0 Å². The normalized spacial score (nSPS) is 21.9. The second-order valence-corrected chi connectivity index (χ2v) is 26.7. The summed E-state index contributed by atoms with van der Waals surface area (Å²) in [6.45, 7) is 24.9. The Bertz CT molecular complexity index is 1550. The number of ether oxygens (including phenoxy) is 2. The molecule has 0 saturated carbocycles. The van der Waals surface area contributed by atoms with Crippen molar-refractivity contribution in [3.63, 3.8) is 0 Å². The third-order valence-electron chi connectivity index (χ3n) is 9.55. The van der Waals surface area contributed by atoms with Gasteiger partial charge in [-0.05, 0) is 79.9 Å². The molecule has 0 aliphatic carbocycles. The molecule has 0 unspecified atom stereocenters. The highest BCUT2D eigenvalue weighted by molar-refractivity contribution is 7.54. The molecule has 1 saturated heterocycles. The SMILES string of the molecule is CCOP(=O)(OCC)[C@@H](/N=C/c1ccc(OC)cc1)[C@H]1O[C@@H](n2ccc(=O)[nH]c2=O)[C@H](O[Si](C)(C)C(C)(C)C)[C@@H]1O[Si](C)(C)C(C)(C)C. The number of hydrogen-bond donors (Lipinski definition) is 1. The number of hydrogen-bond acceptors (Lipinski definition) is 10. The van der Waals surface area contributed by atoms with Crippen LogP contribution in [0.15, 0.2) is 51.1 Å². The lowest BCUT2D eigenvalue weighted by Crippen LogP contribution is -2.55. The van der Waals surface area contributed by atoms with Gasteiger partial charge < -0.3 is 27.4 Å². The van der Waals surface area contributed by atoms with Crippen LogP contribution in [0, 0.1) is 0 Å². The van der Waals surface area contributed by atoms with Crippen LogP contribution in [-0.4, -0.2) is 76.8 Å². The minimum absolute atomic E-state index is 0.0962. The molecule has 0 radical (unpaired) electrons. The molecule has 1 aromatic heterocycles. The van der Waals surface area contributed by atoms with Crippen molar-refractivity contribution < 1.29 is 31.9 Å². The van der Waals surface area contributed by atoms with Gasteiger partial charge in [0.1, 0.15) is 24.1 Å². The number of nitrogens with one attached hydrogen (secondary N) is 1. The lowest BCUT2D eigenvalue weighted by atomic mass is 10.1. The van der Waals surface area contributed by atoms with Crippen molar-refractivity contribution in [3.05, 3.63) is 62.9 Å². The maximum atomic E-state index is 14.8. The third kappa shape index (κ3) is 9.13.